The summed E-state index contributed by atoms with van der Waals surface area (Å²) in [6, 6.07) is 0.155. The molecule has 0 aliphatic heterocycles. The molecule has 3 rings (SSSR count). The number of nitrogens with one attached hydrogen (secondary N) is 1. The van der Waals surface area contributed by atoms with Gasteiger partial charge in [0.15, 0.2) is 11.2 Å². The van der Waals surface area contributed by atoms with E-state index in [-0.39, 0.29) is 22.6 Å². The summed E-state index contributed by atoms with van der Waals surface area (Å²) in [5, 5.41) is 0.139. The fourth-order valence-electron chi connectivity index (χ4n) is 2.04. The molecule has 0 unspecified atom stereocenters. The summed E-state index contributed by atoms with van der Waals surface area (Å²) in [5.41, 5.74) is 0.0278. The third-order valence-electron chi connectivity index (χ3n) is 3.01. The largest absolute Gasteiger partial charge is 0.332 e. The molecule has 1 aliphatic rings. The van der Waals surface area contributed by atoms with Crippen LogP contribution in [-0.2, 0) is 6.54 Å². The molecule has 1 fully saturated rings. The van der Waals surface area contributed by atoms with Crippen LogP contribution < -0.4 is 11.2 Å². The van der Waals surface area contributed by atoms with Crippen LogP contribution in [0, 0.1) is 0 Å². The van der Waals surface area contributed by atoms with Crippen LogP contribution in [0.1, 0.15) is 25.8 Å². The minimum atomic E-state index is -0.358. The predicted octanol–water partition coefficient (Wildman–Crippen LogP) is 0.894. The lowest BCUT2D eigenvalue weighted by Crippen LogP contribution is -2.39. The highest BCUT2D eigenvalue weighted by Crippen LogP contribution is 2.34. The van der Waals surface area contributed by atoms with Gasteiger partial charge < -0.3 is 4.98 Å². The summed E-state index contributed by atoms with van der Waals surface area (Å²) in [6.45, 7) is 2.11. The Morgan fingerprint density at radius 2 is 2.18 bits per heavy atom. The number of hydrogen-bond donors (Lipinski definition) is 1. The Kier molecular flexibility index (Phi) is 2.16. The Hall–Kier alpha value is -1.56. The van der Waals surface area contributed by atoms with E-state index in [4.69, 9.17) is 11.6 Å². The molecular formula is C10H11ClN4O2. The van der Waals surface area contributed by atoms with E-state index in [0.717, 1.165) is 12.8 Å². The lowest BCUT2D eigenvalue weighted by atomic mass is 10.4. The van der Waals surface area contributed by atoms with E-state index in [1.54, 1.807) is 11.5 Å². The fourth-order valence-corrected chi connectivity index (χ4v) is 2.22. The first-order valence-electron chi connectivity index (χ1n) is 5.54. The minimum Gasteiger partial charge on any atom is -0.323 e. The molecule has 7 heteroatoms. The SMILES string of the molecule is CCn1c(=O)c2[nH]c(Cl)nc2n(C2CC2)c1=O. The van der Waals surface area contributed by atoms with E-state index in [1.807, 2.05) is 0 Å². The van der Waals surface area contributed by atoms with Gasteiger partial charge in [-0.3, -0.25) is 13.9 Å². The van der Waals surface area contributed by atoms with E-state index in [9.17, 15) is 9.59 Å². The first-order valence-corrected chi connectivity index (χ1v) is 5.91. The standard InChI is InChI=1S/C10H11ClN4O2/c1-2-14-8(16)6-7(13-9(11)12-6)15(10(14)17)5-3-4-5/h5H,2-4H2,1H3,(H,12,13). The Balaban J connectivity index is 2.51. The highest BCUT2D eigenvalue weighted by Gasteiger charge is 2.29. The molecule has 2 aromatic heterocycles. The zero-order valence-electron chi connectivity index (χ0n) is 9.23. The Morgan fingerprint density at radius 1 is 1.47 bits per heavy atom. The van der Waals surface area contributed by atoms with Crippen molar-refractivity contribution in [3.8, 4) is 0 Å². The Bertz CT molecular complexity index is 707. The third-order valence-corrected chi connectivity index (χ3v) is 3.19. The molecule has 2 aromatic rings. The number of fused-ring (bicyclic) bond motifs is 1. The summed E-state index contributed by atoms with van der Waals surface area (Å²) in [5.74, 6) is 0. The van der Waals surface area contributed by atoms with Gasteiger partial charge in [0.1, 0.15) is 0 Å². The van der Waals surface area contributed by atoms with Gasteiger partial charge >= 0.3 is 5.69 Å². The maximum absolute atomic E-state index is 12.2. The van der Waals surface area contributed by atoms with E-state index in [1.165, 1.54) is 4.57 Å². The monoisotopic (exact) mass is 254 g/mol. The molecule has 2 heterocycles. The number of H-pyrrole nitrogens is 1. The van der Waals surface area contributed by atoms with Gasteiger partial charge in [0.25, 0.3) is 5.56 Å². The zero-order valence-corrected chi connectivity index (χ0v) is 9.99. The summed E-state index contributed by atoms with van der Waals surface area (Å²) in [7, 11) is 0. The van der Waals surface area contributed by atoms with Crippen molar-refractivity contribution in [1.29, 1.82) is 0 Å². The molecule has 0 spiro atoms. The number of imidazole rings is 1. The molecule has 1 N–H and O–H groups in total. The molecule has 0 amide bonds. The number of hydrogen-bond acceptors (Lipinski definition) is 3. The maximum atomic E-state index is 12.2. The average molecular weight is 255 g/mol. The second-order valence-electron chi connectivity index (χ2n) is 4.16. The second-order valence-corrected chi connectivity index (χ2v) is 4.52. The van der Waals surface area contributed by atoms with Crippen molar-refractivity contribution in [3.05, 3.63) is 26.1 Å². The molecule has 0 atom stereocenters. The van der Waals surface area contributed by atoms with Crippen LogP contribution in [0.15, 0.2) is 9.59 Å². The molecule has 1 aliphatic carbocycles. The van der Waals surface area contributed by atoms with Gasteiger partial charge in [0, 0.05) is 12.6 Å². The van der Waals surface area contributed by atoms with Gasteiger partial charge in [-0.25, -0.2) is 4.79 Å². The quantitative estimate of drug-likeness (QED) is 0.809. The van der Waals surface area contributed by atoms with E-state index in [2.05, 4.69) is 9.97 Å². The lowest BCUT2D eigenvalue weighted by Gasteiger charge is -2.08. The van der Waals surface area contributed by atoms with Crippen molar-refractivity contribution in [2.45, 2.75) is 32.4 Å². The van der Waals surface area contributed by atoms with Crippen LogP contribution in [0.2, 0.25) is 5.28 Å². The van der Waals surface area contributed by atoms with Crippen LogP contribution in [-0.4, -0.2) is 19.1 Å². The molecule has 0 aromatic carbocycles. The van der Waals surface area contributed by atoms with Crippen LogP contribution in [0.25, 0.3) is 11.2 Å². The van der Waals surface area contributed by atoms with Gasteiger partial charge in [-0.15, -0.1) is 0 Å². The molecule has 0 bridgehead atoms. The molecular weight excluding hydrogens is 244 g/mol. The highest BCUT2D eigenvalue weighted by molar-refractivity contribution is 6.28. The molecule has 0 saturated heterocycles. The smallest absolute Gasteiger partial charge is 0.323 e. The van der Waals surface area contributed by atoms with Crippen molar-refractivity contribution >= 4 is 22.8 Å². The average Bonchev–Trinajstić information content (AvgIpc) is 3.02. The van der Waals surface area contributed by atoms with Gasteiger partial charge in [-0.05, 0) is 31.4 Å². The summed E-state index contributed by atoms with van der Waals surface area (Å²) >= 11 is 5.77. The lowest BCUT2D eigenvalue weighted by molar-refractivity contribution is 0.597. The summed E-state index contributed by atoms with van der Waals surface area (Å²) in [6.07, 6.45) is 1.89. The number of rotatable bonds is 2. The Morgan fingerprint density at radius 3 is 2.76 bits per heavy atom. The van der Waals surface area contributed by atoms with E-state index >= 15 is 0 Å². The van der Waals surface area contributed by atoms with E-state index < -0.39 is 0 Å². The van der Waals surface area contributed by atoms with E-state index in [0.29, 0.717) is 17.7 Å². The van der Waals surface area contributed by atoms with Crippen molar-refractivity contribution < 1.29 is 0 Å². The van der Waals surface area contributed by atoms with Crippen LogP contribution in [0.4, 0.5) is 0 Å². The van der Waals surface area contributed by atoms with Crippen LogP contribution in [0.5, 0.6) is 0 Å². The minimum absolute atomic E-state index is 0.139. The second kappa shape index (κ2) is 3.46. The fraction of sp³-hybridized carbons (Fsp3) is 0.500. The zero-order chi connectivity index (χ0) is 12.2. The van der Waals surface area contributed by atoms with Crippen LogP contribution >= 0.6 is 11.6 Å². The number of halogens is 1. The van der Waals surface area contributed by atoms with Gasteiger partial charge in [-0.2, -0.15) is 4.98 Å². The third kappa shape index (κ3) is 1.44. The molecule has 6 nitrogen and oxygen atoms in total. The van der Waals surface area contributed by atoms with Crippen molar-refractivity contribution in [1.82, 2.24) is 19.1 Å². The van der Waals surface area contributed by atoms with Crippen LogP contribution in [0.3, 0.4) is 0 Å². The molecule has 17 heavy (non-hydrogen) atoms. The van der Waals surface area contributed by atoms with Crippen molar-refractivity contribution in [3.63, 3.8) is 0 Å². The predicted molar refractivity (Wildman–Crippen MR) is 63.6 cm³/mol. The van der Waals surface area contributed by atoms with Gasteiger partial charge in [0.2, 0.25) is 5.28 Å². The summed E-state index contributed by atoms with van der Waals surface area (Å²) in [4.78, 5) is 30.9. The van der Waals surface area contributed by atoms with Gasteiger partial charge in [-0.1, -0.05) is 0 Å². The normalized spacial score (nSPS) is 15.6. The first-order chi connectivity index (χ1) is 8.13. The summed E-state index contributed by atoms with van der Waals surface area (Å²) < 4.78 is 2.78. The highest BCUT2D eigenvalue weighted by atomic mass is 35.5. The number of aromatic nitrogens is 4. The van der Waals surface area contributed by atoms with Gasteiger partial charge in [0.05, 0.1) is 0 Å². The molecule has 0 radical (unpaired) electrons. The van der Waals surface area contributed by atoms with Crippen molar-refractivity contribution in [2.75, 3.05) is 0 Å². The number of aromatic amines is 1. The number of nitrogens with zero attached hydrogens (tertiary/aromatic N) is 3. The molecule has 1 saturated carbocycles. The van der Waals surface area contributed by atoms with Crippen molar-refractivity contribution in [2.24, 2.45) is 0 Å². The first kappa shape index (κ1) is 10.6. The maximum Gasteiger partial charge on any atom is 0.332 e. The topological polar surface area (TPSA) is 72.7 Å². The Labute approximate surface area is 101 Å². The molecule has 90 valence electrons.